The third kappa shape index (κ3) is 5.31. The van der Waals surface area contributed by atoms with Gasteiger partial charge in [0, 0.05) is 24.2 Å². The van der Waals surface area contributed by atoms with Gasteiger partial charge in [-0.1, -0.05) is 43.0 Å². The van der Waals surface area contributed by atoms with E-state index < -0.39 is 5.97 Å². The number of para-hydroxylation sites is 2. The molecule has 8 nitrogen and oxygen atoms in total. The molecule has 4 fully saturated rings. The lowest BCUT2D eigenvalue weighted by Gasteiger charge is -2.48. The third-order valence-corrected chi connectivity index (χ3v) is 9.75. The first-order valence-electron chi connectivity index (χ1n) is 15.6. The molecular formula is C32H44N4O4. The lowest BCUT2D eigenvalue weighted by molar-refractivity contribution is -0.135. The van der Waals surface area contributed by atoms with Gasteiger partial charge in [-0.25, -0.2) is 9.78 Å². The lowest BCUT2D eigenvalue weighted by Crippen LogP contribution is -2.52. The zero-order valence-electron chi connectivity index (χ0n) is 24.3. The van der Waals surface area contributed by atoms with Crippen LogP contribution in [0.1, 0.15) is 103 Å². The molecule has 3 heterocycles. The summed E-state index contributed by atoms with van der Waals surface area (Å²) in [5.41, 5.74) is 1.03. The van der Waals surface area contributed by atoms with Crippen LogP contribution in [0.5, 0.6) is 0 Å². The number of aromatic nitrogens is 2. The van der Waals surface area contributed by atoms with E-state index in [9.17, 15) is 9.59 Å². The number of carbonyl (C=O) groups is 1. The average molecular weight is 549 g/mol. The SMILES string of the molecule is CCOC(=O)/C(=N\OC(C)C)c1nc2ccccc2n(C2C[C@H]3CC[C@@H](C2)N3C2CC3CCCCC(C3)C2)c1=O. The van der Waals surface area contributed by atoms with Gasteiger partial charge >= 0.3 is 5.97 Å². The maximum absolute atomic E-state index is 14.2. The van der Waals surface area contributed by atoms with E-state index in [2.05, 4.69) is 15.0 Å². The van der Waals surface area contributed by atoms with Crippen LogP contribution in [0.15, 0.2) is 34.2 Å². The Labute approximate surface area is 237 Å². The number of ether oxygens (including phenoxy) is 1. The molecule has 1 aromatic carbocycles. The summed E-state index contributed by atoms with van der Waals surface area (Å²) >= 11 is 0. The molecule has 2 aliphatic heterocycles. The Bertz CT molecular complexity index is 1290. The van der Waals surface area contributed by atoms with E-state index in [1.807, 2.05) is 42.7 Å². The normalized spacial score (nSPS) is 30.9. The number of rotatable bonds is 7. The zero-order chi connectivity index (χ0) is 27.8. The van der Waals surface area contributed by atoms with Crippen LogP contribution in [0.25, 0.3) is 11.0 Å². The summed E-state index contributed by atoms with van der Waals surface area (Å²) < 4.78 is 7.17. The minimum Gasteiger partial charge on any atom is -0.461 e. The quantitative estimate of drug-likeness (QED) is 0.254. The van der Waals surface area contributed by atoms with Gasteiger partial charge in [0.15, 0.2) is 5.69 Å². The maximum Gasteiger partial charge on any atom is 0.362 e. The largest absolute Gasteiger partial charge is 0.461 e. The van der Waals surface area contributed by atoms with E-state index in [1.165, 1.54) is 57.8 Å². The number of oxime groups is 1. The molecule has 0 N–H and O–H groups in total. The van der Waals surface area contributed by atoms with Gasteiger partial charge < -0.3 is 14.1 Å². The number of benzene rings is 1. The predicted molar refractivity (Wildman–Crippen MR) is 155 cm³/mol. The summed E-state index contributed by atoms with van der Waals surface area (Å²) in [6.45, 7) is 5.55. The van der Waals surface area contributed by atoms with Crippen molar-refractivity contribution < 1.29 is 14.4 Å². The molecule has 2 aromatic rings. The summed E-state index contributed by atoms with van der Waals surface area (Å²) in [5, 5.41) is 4.07. The van der Waals surface area contributed by atoms with Crippen molar-refractivity contribution in [2.24, 2.45) is 17.0 Å². The Morgan fingerprint density at radius 1 is 0.950 bits per heavy atom. The van der Waals surface area contributed by atoms with Crippen LogP contribution in [0, 0.1) is 11.8 Å². The van der Waals surface area contributed by atoms with Gasteiger partial charge in [-0.05, 0) is 89.7 Å². The highest BCUT2D eigenvalue weighted by Crippen LogP contribution is 2.47. The summed E-state index contributed by atoms with van der Waals surface area (Å²) in [7, 11) is 0. The van der Waals surface area contributed by atoms with Crippen molar-refractivity contribution >= 4 is 22.7 Å². The molecule has 40 heavy (non-hydrogen) atoms. The molecular weight excluding hydrogens is 504 g/mol. The molecule has 216 valence electrons. The average Bonchev–Trinajstić information content (AvgIpc) is 3.08. The Balaban J connectivity index is 1.34. The van der Waals surface area contributed by atoms with Crippen LogP contribution >= 0.6 is 0 Å². The second-order valence-electron chi connectivity index (χ2n) is 12.8. The van der Waals surface area contributed by atoms with Crippen molar-refractivity contribution in [3.63, 3.8) is 0 Å². The van der Waals surface area contributed by atoms with Crippen molar-refractivity contribution in [2.75, 3.05) is 6.61 Å². The number of fused-ring (bicyclic) bond motifs is 5. The van der Waals surface area contributed by atoms with E-state index in [0.717, 1.165) is 30.2 Å². The molecule has 0 radical (unpaired) electrons. The van der Waals surface area contributed by atoms with Crippen LogP contribution in [0.2, 0.25) is 0 Å². The predicted octanol–water partition coefficient (Wildman–Crippen LogP) is 5.62. The summed E-state index contributed by atoms with van der Waals surface area (Å²) in [6, 6.07) is 9.47. The maximum atomic E-state index is 14.2. The van der Waals surface area contributed by atoms with Gasteiger partial charge in [-0.2, -0.15) is 0 Å². The van der Waals surface area contributed by atoms with E-state index in [0.29, 0.717) is 23.6 Å². The molecule has 8 heteroatoms. The lowest BCUT2D eigenvalue weighted by atomic mass is 9.76. The first-order chi connectivity index (χ1) is 19.4. The smallest absolute Gasteiger partial charge is 0.362 e. The van der Waals surface area contributed by atoms with Gasteiger partial charge in [0.1, 0.15) is 6.10 Å². The van der Waals surface area contributed by atoms with Crippen molar-refractivity contribution in [1.29, 1.82) is 0 Å². The Morgan fingerprint density at radius 3 is 2.27 bits per heavy atom. The number of esters is 1. The highest BCUT2D eigenvalue weighted by atomic mass is 16.6. The highest BCUT2D eigenvalue weighted by molar-refractivity contribution is 6.42. The molecule has 4 aliphatic rings. The Morgan fingerprint density at radius 2 is 1.62 bits per heavy atom. The number of hydrogen-bond donors (Lipinski definition) is 0. The summed E-state index contributed by atoms with van der Waals surface area (Å²) in [5.74, 6) is 1.10. The second kappa shape index (κ2) is 11.6. The molecule has 1 aromatic heterocycles. The van der Waals surface area contributed by atoms with E-state index >= 15 is 0 Å². The van der Waals surface area contributed by atoms with Crippen LogP contribution in [0.3, 0.4) is 0 Å². The fourth-order valence-electron chi connectivity index (χ4n) is 8.31. The van der Waals surface area contributed by atoms with Crippen molar-refractivity contribution in [3.8, 4) is 0 Å². The number of hydrogen-bond acceptors (Lipinski definition) is 7. The fraction of sp³-hybridized carbons (Fsp3) is 0.688. The summed E-state index contributed by atoms with van der Waals surface area (Å²) in [6.07, 6.45) is 13.8. The molecule has 3 unspecified atom stereocenters. The van der Waals surface area contributed by atoms with Crippen LogP contribution in [-0.2, 0) is 14.4 Å². The number of carbonyl (C=O) groups excluding carboxylic acids is 1. The van der Waals surface area contributed by atoms with Crippen molar-refractivity contribution in [2.45, 2.75) is 122 Å². The topological polar surface area (TPSA) is 86.0 Å². The molecule has 5 atom stereocenters. The minimum absolute atomic E-state index is 0.00364. The Kier molecular flexibility index (Phi) is 7.98. The summed E-state index contributed by atoms with van der Waals surface area (Å²) in [4.78, 5) is 40.1. The van der Waals surface area contributed by atoms with Crippen LogP contribution in [-0.4, -0.2) is 57.0 Å². The van der Waals surface area contributed by atoms with Crippen molar-refractivity contribution in [1.82, 2.24) is 14.5 Å². The third-order valence-electron chi connectivity index (χ3n) is 9.75. The first kappa shape index (κ1) is 27.4. The van der Waals surface area contributed by atoms with Gasteiger partial charge in [0.2, 0.25) is 5.71 Å². The molecule has 0 spiro atoms. The first-order valence-corrected chi connectivity index (χ1v) is 15.6. The molecule has 2 saturated carbocycles. The standard InChI is InChI=1S/C32H44N4O4/c1-4-39-32(38)30(34-40-20(2)3)29-31(37)36(28-12-8-7-11-27(28)33-29)26-18-23-13-14-24(19-26)35(23)25-16-21-9-5-6-10-22(15-21)17-25/h7-8,11-12,20-26H,4-6,9-10,13-19H2,1-3H3/b34-30-/t21?,22?,23-,24+,25?,26?. The van der Waals surface area contributed by atoms with Crippen LogP contribution < -0.4 is 5.56 Å². The van der Waals surface area contributed by atoms with Gasteiger partial charge in [0.05, 0.1) is 17.6 Å². The molecule has 4 bridgehead atoms. The van der Waals surface area contributed by atoms with Gasteiger partial charge in [-0.15, -0.1) is 0 Å². The molecule has 2 aliphatic carbocycles. The molecule has 0 amide bonds. The van der Waals surface area contributed by atoms with Gasteiger partial charge in [-0.3, -0.25) is 9.69 Å². The monoisotopic (exact) mass is 548 g/mol. The molecule has 6 rings (SSSR count). The van der Waals surface area contributed by atoms with Crippen molar-refractivity contribution in [3.05, 3.63) is 40.3 Å². The van der Waals surface area contributed by atoms with E-state index in [1.54, 1.807) is 6.92 Å². The van der Waals surface area contributed by atoms with Gasteiger partial charge in [0.25, 0.3) is 5.56 Å². The van der Waals surface area contributed by atoms with E-state index in [-0.39, 0.29) is 35.7 Å². The van der Waals surface area contributed by atoms with Crippen LogP contribution in [0.4, 0.5) is 0 Å². The Hall–Kier alpha value is -2.74. The second-order valence-corrected chi connectivity index (χ2v) is 12.8. The fourth-order valence-corrected chi connectivity index (χ4v) is 8.31. The zero-order valence-corrected chi connectivity index (χ0v) is 24.3. The molecule has 2 saturated heterocycles. The number of nitrogens with zero attached hydrogens (tertiary/aromatic N) is 4. The number of piperidine rings is 1. The van der Waals surface area contributed by atoms with E-state index in [4.69, 9.17) is 9.57 Å². The highest BCUT2D eigenvalue weighted by Gasteiger charge is 2.47. The minimum atomic E-state index is -0.691.